The van der Waals surface area contributed by atoms with Crippen molar-refractivity contribution in [3.8, 4) is 5.69 Å². The SMILES string of the molecule is Cc1cc(C)c(-n2ccnc2)c(C)c1N.Cc1cc(C)c(N2CCCC2)c(C)c1N.Cc1cc(C)c(N2CCCC2)cc1N.Cc1ccc(N)c(C)c1N1CCCC1.Cc1ccc(N2CCCC2)c(C)c1N. The topological polar surface area (TPSA) is 161 Å². The van der Waals surface area contributed by atoms with Crippen LogP contribution in [0.4, 0.5) is 51.2 Å². The summed E-state index contributed by atoms with van der Waals surface area (Å²) in [6, 6.07) is 17.1. The lowest BCUT2D eigenvalue weighted by molar-refractivity contribution is 0.949. The molecule has 11 nitrogen and oxygen atoms in total. The number of hydrogen-bond donors (Lipinski definition) is 5. The Balaban J connectivity index is 0.000000147. The average molecular weight is 976 g/mol. The number of benzene rings is 5. The minimum atomic E-state index is 0.865. The Bertz CT molecular complexity index is 2740. The zero-order valence-corrected chi connectivity index (χ0v) is 46.2. The van der Waals surface area contributed by atoms with Crippen molar-refractivity contribution in [3.63, 3.8) is 0 Å². The molecule has 10 N–H and O–H groups in total. The van der Waals surface area contributed by atoms with Crippen molar-refractivity contribution < 1.29 is 0 Å². The standard InChI is InChI=1S/C13H20N2.C12H15N3.3C12H18N2/c1-9-8-10(2)13(11(3)12(9)14)15-6-4-5-7-15;1-8-6-9(2)12(10(3)11(8)13)15-5-4-14-7-15;1-9-5-6-11(10(2)12(9)13)14-7-3-4-8-14;1-9-5-6-11(13)10(2)12(9)14-7-3-4-8-14;1-9-7-10(2)12(8-11(9)13)14-5-3-4-6-14/h8H,4-7,14H2,1-3H3;4-7H,13H2,1-3H3;2*5-6H,3-4,7-8,13H2,1-2H3;7-8H,3-6,13H2,1-2H3. The van der Waals surface area contributed by atoms with Gasteiger partial charge in [0.15, 0.2) is 0 Å². The van der Waals surface area contributed by atoms with Gasteiger partial charge in [-0.25, -0.2) is 4.98 Å². The molecule has 0 radical (unpaired) electrons. The molecule has 0 bridgehead atoms. The smallest absolute Gasteiger partial charge is 0.0991 e. The first-order valence-electron chi connectivity index (χ1n) is 26.6. The van der Waals surface area contributed by atoms with Gasteiger partial charge in [0.05, 0.1) is 12.0 Å². The quantitative estimate of drug-likeness (QED) is 0.105. The van der Waals surface area contributed by atoms with Crippen LogP contribution in [0.5, 0.6) is 0 Å². The average Bonchev–Trinajstić information content (AvgIpc) is 4.21. The van der Waals surface area contributed by atoms with E-state index in [1.807, 2.05) is 30.7 Å². The predicted octanol–water partition coefficient (Wildman–Crippen LogP) is 12.6. The van der Waals surface area contributed by atoms with E-state index < -0.39 is 0 Å². The second kappa shape index (κ2) is 24.8. The highest BCUT2D eigenvalue weighted by molar-refractivity contribution is 5.72. The second-order valence-corrected chi connectivity index (χ2v) is 20.9. The Hall–Kier alpha value is -6.49. The van der Waals surface area contributed by atoms with Crippen LogP contribution in [0.3, 0.4) is 0 Å². The van der Waals surface area contributed by atoms with Crippen LogP contribution in [0, 0.1) is 83.1 Å². The van der Waals surface area contributed by atoms with Gasteiger partial charge in [0, 0.05) is 116 Å². The highest BCUT2D eigenvalue weighted by atomic mass is 15.2. The predicted molar refractivity (Wildman–Crippen MR) is 314 cm³/mol. The summed E-state index contributed by atoms with van der Waals surface area (Å²) in [5.41, 5.74) is 56.0. The molecule has 0 unspecified atom stereocenters. The molecule has 4 saturated heterocycles. The molecule has 5 heterocycles. The van der Waals surface area contributed by atoms with E-state index in [1.165, 1.54) is 182 Å². The summed E-state index contributed by atoms with van der Waals surface area (Å²) in [6.45, 7) is 34.8. The van der Waals surface area contributed by atoms with Gasteiger partial charge >= 0.3 is 0 Å². The van der Waals surface area contributed by atoms with Crippen LogP contribution >= 0.6 is 0 Å². The summed E-state index contributed by atoms with van der Waals surface area (Å²) < 4.78 is 2.00. The lowest BCUT2D eigenvalue weighted by Gasteiger charge is -2.24. The molecule has 388 valence electrons. The molecule has 72 heavy (non-hydrogen) atoms. The normalized spacial score (nSPS) is 15.1. The first-order chi connectivity index (χ1) is 34.3. The lowest BCUT2D eigenvalue weighted by Crippen LogP contribution is -2.20. The monoisotopic (exact) mass is 976 g/mol. The maximum Gasteiger partial charge on any atom is 0.0991 e. The lowest BCUT2D eigenvalue weighted by atomic mass is 10.0. The molecule has 0 saturated carbocycles. The Morgan fingerprint density at radius 1 is 0.347 bits per heavy atom. The van der Waals surface area contributed by atoms with Crippen LogP contribution in [0.15, 0.2) is 67.3 Å². The minimum Gasteiger partial charge on any atom is -0.398 e. The maximum atomic E-state index is 6.09. The molecule has 0 atom stereocenters. The van der Waals surface area contributed by atoms with E-state index in [1.54, 1.807) is 12.5 Å². The van der Waals surface area contributed by atoms with Gasteiger partial charge in [-0.1, -0.05) is 30.3 Å². The fourth-order valence-electron chi connectivity index (χ4n) is 11.2. The Kier molecular flexibility index (Phi) is 18.9. The molecule has 6 aromatic rings. The fourth-order valence-corrected chi connectivity index (χ4v) is 11.2. The molecule has 0 aliphatic carbocycles. The van der Waals surface area contributed by atoms with Gasteiger partial charge in [0.25, 0.3) is 0 Å². The van der Waals surface area contributed by atoms with Gasteiger partial charge in [0.1, 0.15) is 0 Å². The van der Waals surface area contributed by atoms with Crippen LogP contribution in [-0.2, 0) is 0 Å². The van der Waals surface area contributed by atoms with Crippen molar-refractivity contribution in [1.29, 1.82) is 0 Å². The molecule has 0 spiro atoms. The molecule has 1 aromatic heterocycles. The summed E-state index contributed by atoms with van der Waals surface area (Å²) in [5, 5.41) is 0. The van der Waals surface area contributed by atoms with E-state index in [0.717, 1.165) is 45.3 Å². The third-order valence-electron chi connectivity index (χ3n) is 15.4. The van der Waals surface area contributed by atoms with Crippen LogP contribution in [-0.4, -0.2) is 61.9 Å². The van der Waals surface area contributed by atoms with E-state index >= 15 is 0 Å². The van der Waals surface area contributed by atoms with E-state index in [2.05, 4.69) is 136 Å². The molecule has 10 rings (SSSR count). The van der Waals surface area contributed by atoms with Gasteiger partial charge in [0.2, 0.25) is 0 Å². The van der Waals surface area contributed by atoms with Crippen LogP contribution < -0.4 is 48.3 Å². The van der Waals surface area contributed by atoms with Crippen molar-refractivity contribution in [3.05, 3.63) is 134 Å². The van der Waals surface area contributed by atoms with Crippen molar-refractivity contribution >= 4 is 51.2 Å². The molecule has 0 amide bonds. The van der Waals surface area contributed by atoms with Gasteiger partial charge in [-0.05, 0) is 219 Å². The molecular formula is C61H89N11. The van der Waals surface area contributed by atoms with E-state index in [9.17, 15) is 0 Å². The third kappa shape index (κ3) is 12.9. The highest BCUT2D eigenvalue weighted by Gasteiger charge is 2.20. The summed E-state index contributed by atoms with van der Waals surface area (Å²) in [5.74, 6) is 0. The number of aryl methyl sites for hydroxylation is 8. The Morgan fingerprint density at radius 3 is 1.26 bits per heavy atom. The van der Waals surface area contributed by atoms with Crippen LogP contribution in [0.1, 0.15) is 118 Å². The summed E-state index contributed by atoms with van der Waals surface area (Å²) in [4.78, 5) is 13.9. The van der Waals surface area contributed by atoms with E-state index in [-0.39, 0.29) is 0 Å². The van der Waals surface area contributed by atoms with Gasteiger partial charge < -0.3 is 52.8 Å². The number of nitrogens with zero attached hydrogens (tertiary/aromatic N) is 6. The molecule has 4 aliphatic rings. The van der Waals surface area contributed by atoms with Crippen molar-refractivity contribution in [2.75, 3.05) is 101 Å². The second-order valence-electron chi connectivity index (χ2n) is 20.9. The highest BCUT2D eigenvalue weighted by Crippen LogP contribution is 2.35. The molecule has 4 aliphatic heterocycles. The number of rotatable bonds is 5. The number of imidazole rings is 1. The van der Waals surface area contributed by atoms with Gasteiger partial charge in [-0.15, -0.1) is 0 Å². The minimum absolute atomic E-state index is 0.865. The van der Waals surface area contributed by atoms with Crippen molar-refractivity contribution in [2.24, 2.45) is 0 Å². The molecule has 11 heteroatoms. The summed E-state index contributed by atoms with van der Waals surface area (Å²) in [7, 11) is 0. The number of nitrogen functional groups attached to an aromatic ring is 5. The summed E-state index contributed by atoms with van der Waals surface area (Å²) >= 11 is 0. The van der Waals surface area contributed by atoms with Gasteiger partial charge in [-0.3, -0.25) is 0 Å². The van der Waals surface area contributed by atoms with Gasteiger partial charge in [-0.2, -0.15) is 0 Å². The van der Waals surface area contributed by atoms with Crippen molar-refractivity contribution in [2.45, 2.75) is 134 Å². The molecular weight excluding hydrogens is 887 g/mol. The number of aromatic nitrogens is 2. The Labute approximate surface area is 433 Å². The fraction of sp³-hybridized carbons (Fsp3) is 0.459. The molecule has 4 fully saturated rings. The largest absolute Gasteiger partial charge is 0.398 e. The van der Waals surface area contributed by atoms with Crippen LogP contribution in [0.2, 0.25) is 0 Å². The first kappa shape index (κ1) is 54.8. The zero-order valence-electron chi connectivity index (χ0n) is 46.2. The van der Waals surface area contributed by atoms with E-state index in [4.69, 9.17) is 28.7 Å². The number of hydrogen-bond acceptors (Lipinski definition) is 10. The Morgan fingerprint density at radius 2 is 0.764 bits per heavy atom. The summed E-state index contributed by atoms with van der Waals surface area (Å²) in [6.07, 6.45) is 16.0. The van der Waals surface area contributed by atoms with E-state index in [0.29, 0.717) is 0 Å². The number of nitrogens with two attached hydrogens (primary N) is 5. The van der Waals surface area contributed by atoms with Crippen LogP contribution in [0.25, 0.3) is 5.69 Å². The number of anilines is 9. The van der Waals surface area contributed by atoms with Crippen molar-refractivity contribution in [1.82, 2.24) is 9.55 Å². The molecule has 5 aromatic carbocycles. The maximum absolute atomic E-state index is 6.09. The zero-order chi connectivity index (χ0) is 52.4. The first-order valence-corrected chi connectivity index (χ1v) is 26.6. The third-order valence-corrected chi connectivity index (χ3v) is 15.4.